The number of nitrogens with one attached hydrogen (secondary N) is 22. The maximum Gasteiger partial charge on any atom is 0.325 e. The summed E-state index contributed by atoms with van der Waals surface area (Å²) in [6, 6.07) is -29.8. The molecule has 0 saturated carbocycles. The summed E-state index contributed by atoms with van der Waals surface area (Å²) in [6.07, 6.45) is 0. The van der Waals surface area contributed by atoms with Crippen molar-refractivity contribution in [3.05, 3.63) is 0 Å². The Morgan fingerprint density at radius 1 is 0.174 bits per heavy atom. The van der Waals surface area contributed by atoms with Gasteiger partial charge in [0.2, 0.25) is 130 Å². The SMILES string of the molecule is C[C@H](N)C(=O)N[C@@H](C)C(=O)N[C@@H](CS)C(=O)N[C@@H](C)C(=O)N[C@@H](C)C(=O)N[C@@H](C)C(=O)N[C@@H](C)C(=O)N[C@@H](CS)C(=O)N[C@@H](C)C(=O)N[C@@H](C)C(=O)N[C@@H](C)C(=O)N[C@@H](C)C(=O)N[C@@H](CS)C(=O)N[C@@H](C)C(=O)N[C@@H](C)C(=O)N[C@@H](C)C(=O)N[C@@H](C)C(=O)N[C@@H](CS)C(=O)N[C@@H](C)C(=O)N[C@@H](C)C(=O)N[C@@H](C)C(=O)N[C@@H](CS)C(=O)N[C@@H](C)C(=O)O. The third-order valence-electron chi connectivity index (χ3n) is 17.3. The fraction of sp³-hybridized carbons (Fsp3) is 0.667. The average molecular weight is 1810 g/mol. The molecule has 25 N–H and O–H groups in total. The monoisotopic (exact) mass is 1810 g/mol. The van der Waals surface area contributed by atoms with Crippen molar-refractivity contribution in [3.8, 4) is 0 Å². The van der Waals surface area contributed by atoms with E-state index in [9.17, 15) is 110 Å². The van der Waals surface area contributed by atoms with E-state index in [0.29, 0.717) is 0 Å². The average Bonchev–Trinajstić information content (AvgIpc) is 0.881. The van der Waals surface area contributed by atoms with Crippen LogP contribution in [0.25, 0.3) is 0 Å². The summed E-state index contributed by atoms with van der Waals surface area (Å²) in [7, 11) is 0. The maximum absolute atomic E-state index is 13.3. The predicted molar refractivity (Wildman–Crippen MR) is 449 cm³/mol. The molecule has 0 aliphatic heterocycles. The fourth-order valence-corrected chi connectivity index (χ4v) is 10.5. The highest BCUT2D eigenvalue weighted by molar-refractivity contribution is 7.81. The molecule has 0 heterocycles. The van der Waals surface area contributed by atoms with Gasteiger partial charge in [-0.2, -0.15) is 63.1 Å². The summed E-state index contributed by atoms with van der Waals surface area (Å²) in [5.74, 6) is -21.8. The number of amides is 22. The highest BCUT2D eigenvalue weighted by Gasteiger charge is 2.36. The Bertz CT molecular complexity index is 3780. The highest BCUT2D eigenvalue weighted by atomic mass is 32.1. The number of carbonyl (C=O) groups excluding carboxylic acids is 22. The van der Waals surface area contributed by atoms with Gasteiger partial charge in [0.15, 0.2) is 0 Å². The van der Waals surface area contributed by atoms with Crippen molar-refractivity contribution in [3.63, 3.8) is 0 Å². The van der Waals surface area contributed by atoms with Crippen molar-refractivity contribution in [1.82, 2.24) is 117 Å². The summed E-state index contributed by atoms with van der Waals surface area (Å²) in [5.41, 5.74) is 5.51. The first-order valence-electron chi connectivity index (χ1n) is 37.8. The summed E-state index contributed by atoms with van der Waals surface area (Å²) in [6.45, 7) is 22.8. The van der Waals surface area contributed by atoms with Crippen LogP contribution in [-0.4, -0.2) is 309 Å². The van der Waals surface area contributed by atoms with E-state index in [1.54, 1.807) is 0 Å². The van der Waals surface area contributed by atoms with Crippen LogP contribution in [0.15, 0.2) is 0 Å². The quantitative estimate of drug-likeness (QED) is 0.0252. The van der Waals surface area contributed by atoms with Gasteiger partial charge in [0.05, 0.1) is 6.04 Å². The number of hydrogen-bond acceptors (Lipinski definition) is 29. The van der Waals surface area contributed by atoms with E-state index in [4.69, 9.17) is 10.8 Å². The van der Waals surface area contributed by atoms with E-state index < -0.39 is 275 Å². The number of hydrogen-bond donors (Lipinski definition) is 29. The highest BCUT2D eigenvalue weighted by Crippen LogP contribution is 2.05. The molecule has 0 radical (unpaired) electrons. The van der Waals surface area contributed by atoms with Gasteiger partial charge in [0.1, 0.15) is 133 Å². The first-order chi connectivity index (χ1) is 56.0. The molecule has 0 unspecified atom stereocenters. The summed E-state index contributed by atoms with van der Waals surface area (Å²) in [4.78, 5) is 297. The van der Waals surface area contributed by atoms with E-state index in [2.05, 4.69) is 180 Å². The molecule has 0 aromatic carbocycles. The number of carboxylic acids is 1. The van der Waals surface area contributed by atoms with Crippen LogP contribution < -0.4 is 123 Å². The molecule has 682 valence electrons. The second-order valence-electron chi connectivity index (χ2n) is 28.3. The second-order valence-corrected chi connectivity index (χ2v) is 30.1. The lowest BCUT2D eigenvalue weighted by Crippen LogP contribution is -2.60. The molecule has 0 bridgehead atoms. The molecule has 0 fully saturated rings. The normalized spacial score (nSPS) is 16.6. The number of carbonyl (C=O) groups is 23. The molecule has 0 spiro atoms. The molecule has 47 nitrogen and oxygen atoms in total. The molecule has 0 aliphatic carbocycles. The van der Waals surface area contributed by atoms with Crippen molar-refractivity contribution in [1.29, 1.82) is 0 Å². The molecular weight excluding hydrogens is 1700 g/mol. The van der Waals surface area contributed by atoms with Crippen LogP contribution in [0.5, 0.6) is 0 Å². The number of carboxylic acid groups (broad SMARTS) is 1. The van der Waals surface area contributed by atoms with Gasteiger partial charge in [0, 0.05) is 28.8 Å². The Morgan fingerprint density at radius 2 is 0.264 bits per heavy atom. The number of rotatable bonds is 50. The van der Waals surface area contributed by atoms with Gasteiger partial charge in [-0.1, -0.05) is 0 Å². The van der Waals surface area contributed by atoms with E-state index >= 15 is 0 Å². The van der Waals surface area contributed by atoms with Crippen molar-refractivity contribution >= 4 is 199 Å². The molecule has 121 heavy (non-hydrogen) atoms. The third kappa shape index (κ3) is 39.3. The van der Waals surface area contributed by atoms with Crippen molar-refractivity contribution in [2.45, 2.75) is 264 Å². The Morgan fingerprint density at radius 3 is 0.364 bits per heavy atom. The standard InChI is InChI=1S/C69H117N23O24S5/c1-24(70)47(93)71-36(13)59(105)88-42(19-117)64(110)83-32(9)55(101)75-25(2)48(94)72-28(5)51(97)79-37(14)60(106)89-43(20-118)65(111)84-33(10)56(102)76-26(3)49(95)73-29(6)52(98)80-38(15)61(107)90-44(21-119)66(112)85-34(11)57(103)77-27(4)50(96)74-30(7)53(99)81-39(16)62(108)91-45(22-120)67(113)86-35(12)58(104)78-31(8)54(100)82-40(17)63(109)92-46(23-121)68(114)87-41(18)69(115)116/h24-46,117-121H,19-23,70H2,1-18H3,(H,71,93)(H,72,94)(H,73,95)(H,74,96)(H,75,101)(H,76,102)(H,77,103)(H,78,104)(H,79,97)(H,80,98)(H,81,99)(H,82,100)(H,83,110)(H,84,111)(H,85,112)(H,86,113)(H,87,114)(H,88,105)(H,89,106)(H,90,107)(H,91,108)(H,92,109)(H,115,116)/t24-,25-,26-,27-,28-,29-,30-,31-,32-,33-,34-,35-,36-,37-,38-,39-,40-,41-,42-,43-,44-,45-,46-/m0/s1. The minimum Gasteiger partial charge on any atom is -0.480 e. The Hall–Kier alpha value is -10.5. The van der Waals surface area contributed by atoms with E-state index in [-0.39, 0.29) is 28.8 Å². The molecule has 0 aromatic heterocycles. The molecule has 0 rings (SSSR count). The van der Waals surface area contributed by atoms with Crippen LogP contribution in [0.2, 0.25) is 0 Å². The zero-order valence-corrected chi connectivity index (χ0v) is 74.4. The third-order valence-corrected chi connectivity index (χ3v) is 19.1. The lowest BCUT2D eigenvalue weighted by molar-refractivity contribution is -0.141. The summed E-state index contributed by atoms with van der Waals surface area (Å²) >= 11 is 20.4. The molecule has 0 saturated heterocycles. The van der Waals surface area contributed by atoms with Crippen LogP contribution in [0.3, 0.4) is 0 Å². The van der Waals surface area contributed by atoms with Crippen molar-refractivity contribution < 1.29 is 115 Å². The van der Waals surface area contributed by atoms with Crippen LogP contribution in [0.1, 0.15) is 125 Å². The van der Waals surface area contributed by atoms with Crippen LogP contribution in [0.4, 0.5) is 0 Å². The Kier molecular flexibility index (Phi) is 49.3. The molecular formula is C69H117N23O24S5. The lowest BCUT2D eigenvalue weighted by Gasteiger charge is -2.25. The Balaban J connectivity index is 5.24. The predicted octanol–water partition coefficient (Wildman–Crippen LogP) is -11.9. The topological polar surface area (TPSA) is 704 Å². The lowest BCUT2D eigenvalue weighted by atomic mass is 10.2. The van der Waals surface area contributed by atoms with E-state index in [0.717, 1.165) is 0 Å². The molecule has 52 heteroatoms. The molecule has 22 amide bonds. The number of nitrogens with two attached hydrogens (primary N) is 1. The van der Waals surface area contributed by atoms with Crippen molar-refractivity contribution in [2.24, 2.45) is 5.73 Å². The number of thiol groups is 5. The van der Waals surface area contributed by atoms with Gasteiger partial charge in [-0.15, -0.1) is 0 Å². The first kappa shape index (κ1) is 111. The van der Waals surface area contributed by atoms with Gasteiger partial charge in [0.25, 0.3) is 0 Å². The maximum atomic E-state index is 13.3. The first-order valence-corrected chi connectivity index (χ1v) is 40.9. The zero-order valence-electron chi connectivity index (χ0n) is 70.0. The number of aliphatic carboxylic acids is 1. The van der Waals surface area contributed by atoms with Gasteiger partial charge in [-0.25, -0.2) is 0 Å². The largest absolute Gasteiger partial charge is 0.480 e. The zero-order chi connectivity index (χ0) is 93.6. The van der Waals surface area contributed by atoms with Gasteiger partial charge in [-0.05, 0) is 125 Å². The molecule has 0 aromatic rings. The van der Waals surface area contributed by atoms with Gasteiger partial charge < -0.3 is 128 Å². The minimum absolute atomic E-state index is 0.202. The van der Waals surface area contributed by atoms with Crippen molar-refractivity contribution in [2.75, 3.05) is 28.8 Å². The van der Waals surface area contributed by atoms with Crippen LogP contribution in [0, 0.1) is 0 Å². The molecule has 0 aliphatic rings. The second kappa shape index (κ2) is 54.0. The van der Waals surface area contributed by atoms with E-state index in [1.807, 2.05) is 0 Å². The van der Waals surface area contributed by atoms with Crippen LogP contribution >= 0.6 is 63.1 Å². The van der Waals surface area contributed by atoms with Gasteiger partial charge >= 0.3 is 5.97 Å². The smallest absolute Gasteiger partial charge is 0.325 e. The van der Waals surface area contributed by atoms with Gasteiger partial charge in [-0.3, -0.25) is 110 Å². The minimum atomic E-state index is -1.42. The van der Waals surface area contributed by atoms with Crippen LogP contribution in [-0.2, 0) is 110 Å². The fourth-order valence-electron chi connectivity index (χ4n) is 9.20. The summed E-state index contributed by atoms with van der Waals surface area (Å²) in [5, 5.41) is 60.9. The Labute approximate surface area is 725 Å². The summed E-state index contributed by atoms with van der Waals surface area (Å²) < 4.78 is 0. The van der Waals surface area contributed by atoms with E-state index in [1.165, 1.54) is 125 Å². The molecule has 23 atom stereocenters.